The van der Waals surface area contributed by atoms with Gasteiger partial charge in [-0.05, 0) is 11.8 Å². The fraction of sp³-hybridized carbons (Fsp3) is 0.600. The minimum absolute atomic E-state index is 0.229. The lowest BCUT2D eigenvalue weighted by atomic mass is 9.87. The second kappa shape index (κ2) is 6.76. The summed E-state index contributed by atoms with van der Waals surface area (Å²) in [7, 11) is 0. The molecule has 0 spiro atoms. The van der Waals surface area contributed by atoms with E-state index in [-0.39, 0.29) is 5.41 Å². The van der Waals surface area contributed by atoms with Gasteiger partial charge in [-0.1, -0.05) is 40.0 Å². The first-order valence-electron chi connectivity index (χ1n) is 7.60. The molecule has 4 N–H and O–H groups in total. The molecule has 0 radical (unpaired) electrons. The van der Waals surface area contributed by atoms with Crippen LogP contribution in [0.1, 0.15) is 46.5 Å². The first-order valence-corrected chi connectivity index (χ1v) is 7.60. The number of nitrogens with zero attached hydrogens (tertiary/aromatic N) is 3. The molecule has 21 heavy (non-hydrogen) atoms. The van der Waals surface area contributed by atoms with Crippen LogP contribution < -0.4 is 16.6 Å². The van der Waals surface area contributed by atoms with Gasteiger partial charge in [0.15, 0.2) is 17.3 Å². The topological polar surface area (TPSA) is 80.3 Å². The summed E-state index contributed by atoms with van der Waals surface area (Å²) in [4.78, 5) is 8.80. The molecule has 2 rings (SSSR count). The number of nitrogens with two attached hydrogens (primary N) is 1. The standard InChI is InChI=1S/C15H26N6/c1-4-5-6-7-15(2,3)11-18-13-14-17-8-9-21(14)10-12(19-13)20-16/h8-10,20H,4-7,11,16H2,1-3H3,(H,18,19). The minimum Gasteiger partial charge on any atom is -0.366 e. The zero-order valence-electron chi connectivity index (χ0n) is 13.2. The van der Waals surface area contributed by atoms with Crippen molar-refractivity contribution in [1.29, 1.82) is 0 Å². The normalized spacial score (nSPS) is 11.8. The number of imidazole rings is 1. The highest BCUT2D eigenvalue weighted by Gasteiger charge is 2.18. The van der Waals surface area contributed by atoms with Gasteiger partial charge in [0.05, 0.1) is 6.20 Å². The number of aromatic nitrogens is 3. The van der Waals surface area contributed by atoms with Gasteiger partial charge in [-0.25, -0.2) is 15.8 Å². The maximum atomic E-state index is 5.47. The minimum atomic E-state index is 0.229. The van der Waals surface area contributed by atoms with Gasteiger partial charge in [0.1, 0.15) is 0 Å². The molecule has 0 aliphatic carbocycles. The second-order valence-corrected chi connectivity index (χ2v) is 6.25. The molecular formula is C15H26N6. The third-order valence-corrected chi connectivity index (χ3v) is 3.71. The highest BCUT2D eigenvalue weighted by Crippen LogP contribution is 2.25. The van der Waals surface area contributed by atoms with Crippen LogP contribution in [0.2, 0.25) is 0 Å². The van der Waals surface area contributed by atoms with Gasteiger partial charge in [0.25, 0.3) is 0 Å². The molecule has 2 heterocycles. The van der Waals surface area contributed by atoms with E-state index in [9.17, 15) is 0 Å². The van der Waals surface area contributed by atoms with Crippen LogP contribution in [0.3, 0.4) is 0 Å². The molecule has 2 aromatic rings. The Morgan fingerprint density at radius 2 is 2.14 bits per heavy atom. The van der Waals surface area contributed by atoms with Crippen LogP contribution in [0.15, 0.2) is 18.6 Å². The van der Waals surface area contributed by atoms with E-state index in [1.807, 2.05) is 16.8 Å². The highest BCUT2D eigenvalue weighted by molar-refractivity contribution is 5.65. The van der Waals surface area contributed by atoms with Crippen LogP contribution >= 0.6 is 0 Å². The zero-order chi connectivity index (χ0) is 15.3. The molecular weight excluding hydrogens is 264 g/mol. The van der Waals surface area contributed by atoms with E-state index in [0.717, 1.165) is 18.0 Å². The first-order chi connectivity index (χ1) is 10.1. The number of unbranched alkanes of at least 4 members (excludes halogenated alkanes) is 2. The van der Waals surface area contributed by atoms with E-state index in [1.165, 1.54) is 25.7 Å². The largest absolute Gasteiger partial charge is 0.366 e. The number of rotatable bonds is 8. The molecule has 6 heteroatoms. The summed E-state index contributed by atoms with van der Waals surface area (Å²) in [6.45, 7) is 7.66. The van der Waals surface area contributed by atoms with Crippen LogP contribution in [-0.2, 0) is 0 Å². The van der Waals surface area contributed by atoms with Crippen molar-refractivity contribution in [1.82, 2.24) is 14.4 Å². The highest BCUT2D eigenvalue weighted by atomic mass is 15.3. The molecule has 0 aliphatic rings. The summed E-state index contributed by atoms with van der Waals surface area (Å²) in [5, 5.41) is 3.43. The van der Waals surface area contributed by atoms with Crippen molar-refractivity contribution in [2.24, 2.45) is 11.3 Å². The van der Waals surface area contributed by atoms with Crippen LogP contribution in [0, 0.1) is 5.41 Å². The monoisotopic (exact) mass is 290 g/mol. The Labute approximate surface area is 126 Å². The van der Waals surface area contributed by atoms with E-state index in [4.69, 9.17) is 5.84 Å². The number of fused-ring (bicyclic) bond motifs is 1. The molecule has 0 aliphatic heterocycles. The van der Waals surface area contributed by atoms with Gasteiger partial charge < -0.3 is 15.1 Å². The number of hydrazine groups is 1. The SMILES string of the molecule is CCCCCC(C)(C)CNc1nc(NN)cn2ccnc12. The van der Waals surface area contributed by atoms with Gasteiger partial charge in [-0.3, -0.25) is 0 Å². The summed E-state index contributed by atoms with van der Waals surface area (Å²) in [5.74, 6) is 6.85. The molecule has 0 saturated heterocycles. The lowest BCUT2D eigenvalue weighted by Crippen LogP contribution is -2.24. The lowest BCUT2D eigenvalue weighted by Gasteiger charge is -2.25. The molecule has 116 valence electrons. The average molecular weight is 290 g/mol. The van der Waals surface area contributed by atoms with Gasteiger partial charge in [0.2, 0.25) is 0 Å². The maximum absolute atomic E-state index is 5.47. The lowest BCUT2D eigenvalue weighted by molar-refractivity contribution is 0.342. The first kappa shape index (κ1) is 15.6. The number of hydrogen-bond acceptors (Lipinski definition) is 5. The molecule has 6 nitrogen and oxygen atoms in total. The van der Waals surface area contributed by atoms with Crippen LogP contribution in [0.25, 0.3) is 5.65 Å². The fourth-order valence-electron chi connectivity index (χ4n) is 2.38. The molecule has 0 bridgehead atoms. The second-order valence-electron chi connectivity index (χ2n) is 6.25. The summed E-state index contributed by atoms with van der Waals surface area (Å²) in [6.07, 6.45) is 10.5. The van der Waals surface area contributed by atoms with Crippen molar-refractivity contribution in [3.05, 3.63) is 18.6 Å². The van der Waals surface area contributed by atoms with Gasteiger partial charge in [-0.15, -0.1) is 0 Å². The van der Waals surface area contributed by atoms with Crippen molar-refractivity contribution >= 4 is 17.3 Å². The Bertz CT molecular complexity index is 575. The molecule has 0 unspecified atom stereocenters. The Balaban J connectivity index is 2.07. The zero-order valence-corrected chi connectivity index (χ0v) is 13.2. The molecule has 0 aromatic carbocycles. The predicted molar refractivity (Wildman–Crippen MR) is 87.2 cm³/mol. The summed E-state index contributed by atoms with van der Waals surface area (Å²) in [6, 6.07) is 0. The van der Waals surface area contributed by atoms with Crippen LogP contribution in [0.4, 0.5) is 11.6 Å². The van der Waals surface area contributed by atoms with Crippen molar-refractivity contribution in [2.75, 3.05) is 17.3 Å². The third kappa shape index (κ3) is 4.07. The molecule has 2 aromatic heterocycles. The van der Waals surface area contributed by atoms with E-state index in [1.54, 1.807) is 6.20 Å². The van der Waals surface area contributed by atoms with Crippen molar-refractivity contribution in [2.45, 2.75) is 46.5 Å². The molecule has 0 saturated carbocycles. The Morgan fingerprint density at radius 3 is 2.86 bits per heavy atom. The van der Waals surface area contributed by atoms with Crippen LogP contribution in [-0.4, -0.2) is 20.9 Å². The predicted octanol–water partition coefficient (Wildman–Crippen LogP) is 3.03. The van der Waals surface area contributed by atoms with Gasteiger partial charge in [0, 0.05) is 18.9 Å². The number of nitrogens with one attached hydrogen (secondary N) is 2. The van der Waals surface area contributed by atoms with E-state index < -0.39 is 0 Å². The maximum Gasteiger partial charge on any atom is 0.180 e. The average Bonchev–Trinajstić information content (AvgIpc) is 2.93. The molecule has 0 atom stereocenters. The summed E-state index contributed by atoms with van der Waals surface area (Å²) >= 11 is 0. The van der Waals surface area contributed by atoms with E-state index in [2.05, 4.69) is 41.5 Å². The summed E-state index contributed by atoms with van der Waals surface area (Å²) < 4.78 is 1.91. The smallest absolute Gasteiger partial charge is 0.180 e. The number of nitrogen functional groups attached to an aromatic ring is 1. The Hall–Kier alpha value is -1.82. The third-order valence-electron chi connectivity index (χ3n) is 3.71. The fourth-order valence-corrected chi connectivity index (χ4v) is 2.38. The van der Waals surface area contributed by atoms with E-state index in [0.29, 0.717) is 5.82 Å². The quantitative estimate of drug-likeness (QED) is 0.395. The molecule has 0 fully saturated rings. The van der Waals surface area contributed by atoms with Crippen LogP contribution in [0.5, 0.6) is 0 Å². The van der Waals surface area contributed by atoms with Gasteiger partial charge in [-0.2, -0.15) is 0 Å². The Kier molecular flexibility index (Phi) is 5.01. The Morgan fingerprint density at radius 1 is 1.33 bits per heavy atom. The van der Waals surface area contributed by atoms with E-state index >= 15 is 0 Å². The number of hydrogen-bond donors (Lipinski definition) is 3. The van der Waals surface area contributed by atoms with Crippen molar-refractivity contribution in [3.8, 4) is 0 Å². The summed E-state index contributed by atoms with van der Waals surface area (Å²) in [5.41, 5.74) is 3.64. The van der Waals surface area contributed by atoms with Gasteiger partial charge >= 0.3 is 0 Å². The molecule has 0 amide bonds. The van der Waals surface area contributed by atoms with Crippen molar-refractivity contribution in [3.63, 3.8) is 0 Å². The van der Waals surface area contributed by atoms with Crippen molar-refractivity contribution < 1.29 is 0 Å². The number of anilines is 2.